The summed E-state index contributed by atoms with van der Waals surface area (Å²) in [5.74, 6) is 0.700. The third-order valence-corrected chi connectivity index (χ3v) is 2.74. The zero-order valence-electron chi connectivity index (χ0n) is 7.64. The van der Waals surface area contributed by atoms with Crippen molar-refractivity contribution in [1.82, 2.24) is 4.98 Å². The fourth-order valence-corrected chi connectivity index (χ4v) is 1.76. The second-order valence-electron chi connectivity index (χ2n) is 2.86. The average Bonchev–Trinajstić information content (AvgIpc) is 2.70. The molecule has 0 aliphatic carbocycles. The molecule has 3 N–H and O–H groups in total. The highest BCUT2D eigenvalue weighted by Crippen LogP contribution is 2.07. The molecule has 1 atom stereocenters. The Morgan fingerprint density at radius 1 is 1.64 bits per heavy atom. The molecule has 0 aliphatic heterocycles. The summed E-state index contributed by atoms with van der Waals surface area (Å²) in [6.45, 7) is -0.260. The van der Waals surface area contributed by atoms with E-state index in [0.717, 1.165) is 0 Å². The van der Waals surface area contributed by atoms with Gasteiger partial charge in [-0.2, -0.15) is 11.8 Å². The van der Waals surface area contributed by atoms with Crippen LogP contribution in [0.2, 0.25) is 0 Å². The first-order chi connectivity index (χ1) is 6.74. The molecule has 0 fully saturated rings. The van der Waals surface area contributed by atoms with Gasteiger partial charge in [0.25, 0.3) is 0 Å². The normalized spacial score (nSPS) is 12.7. The first-order valence-corrected chi connectivity index (χ1v) is 5.42. The molecule has 1 unspecified atom stereocenters. The summed E-state index contributed by atoms with van der Waals surface area (Å²) in [6.07, 6.45) is 0.956. The summed E-state index contributed by atoms with van der Waals surface area (Å²) in [6, 6.07) is 3.48. The fraction of sp³-hybridized carbons (Fsp3) is 0.444. The first kappa shape index (κ1) is 11.3. The van der Waals surface area contributed by atoms with Gasteiger partial charge in [0.1, 0.15) is 0 Å². The lowest BCUT2D eigenvalue weighted by atomic mass is 10.3. The number of carbonyl (C=O) groups is 1. The number of Topliss-reactive ketones (excluding diaryl/α,β-unsaturated/α-hetero) is 1. The van der Waals surface area contributed by atoms with E-state index in [4.69, 9.17) is 10.2 Å². The van der Waals surface area contributed by atoms with Crippen molar-refractivity contribution in [2.24, 2.45) is 0 Å². The summed E-state index contributed by atoms with van der Waals surface area (Å²) in [5.41, 5.74) is 0.580. The summed E-state index contributed by atoms with van der Waals surface area (Å²) in [7, 11) is 0. The van der Waals surface area contributed by atoms with Crippen molar-refractivity contribution in [2.45, 2.75) is 6.10 Å². The Hall–Kier alpha value is -0.780. The Morgan fingerprint density at radius 3 is 3.00 bits per heavy atom. The Labute approximate surface area is 86.3 Å². The number of aliphatic hydroxyl groups is 2. The number of nitrogens with one attached hydrogen (secondary N) is 1. The third-order valence-electron chi connectivity index (χ3n) is 1.65. The van der Waals surface area contributed by atoms with Crippen LogP contribution < -0.4 is 0 Å². The predicted octanol–water partition coefficient (Wildman–Crippen LogP) is 0.284. The molecule has 0 spiro atoms. The zero-order chi connectivity index (χ0) is 10.4. The van der Waals surface area contributed by atoms with E-state index in [1.54, 1.807) is 18.3 Å². The molecule has 78 valence electrons. The smallest absolute Gasteiger partial charge is 0.188 e. The lowest BCUT2D eigenvalue weighted by Crippen LogP contribution is -2.16. The standard InChI is InChI=1S/C9H13NO3S/c11-4-7(12)5-14-6-9(13)8-2-1-3-10-8/h1-3,7,10-12H,4-6H2. The van der Waals surface area contributed by atoms with Crippen molar-refractivity contribution in [1.29, 1.82) is 0 Å². The van der Waals surface area contributed by atoms with Gasteiger partial charge in [0.05, 0.1) is 24.2 Å². The monoisotopic (exact) mass is 215 g/mol. The number of thioether (sulfide) groups is 1. The second-order valence-corrected chi connectivity index (χ2v) is 3.89. The topological polar surface area (TPSA) is 73.3 Å². The van der Waals surface area contributed by atoms with Crippen molar-refractivity contribution in [3.63, 3.8) is 0 Å². The third kappa shape index (κ3) is 3.53. The molecule has 0 aliphatic rings. The molecule has 0 bridgehead atoms. The predicted molar refractivity (Wildman–Crippen MR) is 55.5 cm³/mol. The molecule has 1 rings (SSSR count). The van der Waals surface area contributed by atoms with E-state index in [2.05, 4.69) is 4.98 Å². The van der Waals surface area contributed by atoms with Gasteiger partial charge < -0.3 is 15.2 Å². The number of hydrogen-bond donors (Lipinski definition) is 3. The van der Waals surface area contributed by atoms with Crippen LogP contribution >= 0.6 is 11.8 Å². The minimum Gasteiger partial charge on any atom is -0.394 e. The lowest BCUT2D eigenvalue weighted by molar-refractivity contribution is 0.101. The lowest BCUT2D eigenvalue weighted by Gasteiger charge is -2.04. The summed E-state index contributed by atoms with van der Waals surface area (Å²) in [4.78, 5) is 14.2. The van der Waals surface area contributed by atoms with E-state index >= 15 is 0 Å². The van der Waals surface area contributed by atoms with E-state index < -0.39 is 6.10 Å². The quantitative estimate of drug-likeness (QED) is 0.596. The Morgan fingerprint density at radius 2 is 2.43 bits per heavy atom. The van der Waals surface area contributed by atoms with Crippen LogP contribution in [0.3, 0.4) is 0 Å². The number of hydrogen-bond acceptors (Lipinski definition) is 4. The van der Waals surface area contributed by atoms with Gasteiger partial charge in [0.2, 0.25) is 0 Å². The molecule has 0 amide bonds. The summed E-state index contributed by atoms with van der Waals surface area (Å²) >= 11 is 1.31. The molecule has 1 aromatic rings. The van der Waals surface area contributed by atoms with E-state index in [0.29, 0.717) is 17.2 Å². The van der Waals surface area contributed by atoms with Crippen LogP contribution in [0.5, 0.6) is 0 Å². The van der Waals surface area contributed by atoms with E-state index in [-0.39, 0.29) is 12.4 Å². The van der Waals surface area contributed by atoms with Crippen LogP contribution in [0.25, 0.3) is 0 Å². The van der Waals surface area contributed by atoms with Crippen molar-refractivity contribution < 1.29 is 15.0 Å². The van der Waals surface area contributed by atoms with Gasteiger partial charge >= 0.3 is 0 Å². The number of aromatic nitrogens is 1. The van der Waals surface area contributed by atoms with Gasteiger partial charge in [0.15, 0.2) is 5.78 Å². The highest BCUT2D eigenvalue weighted by atomic mass is 32.2. The second kappa shape index (κ2) is 5.85. The molecule has 1 aromatic heterocycles. The van der Waals surface area contributed by atoms with Crippen LogP contribution in [-0.4, -0.2) is 45.2 Å². The van der Waals surface area contributed by atoms with Crippen molar-refractivity contribution in [3.05, 3.63) is 24.0 Å². The van der Waals surface area contributed by atoms with Crippen LogP contribution in [0.4, 0.5) is 0 Å². The molecule has 1 heterocycles. The van der Waals surface area contributed by atoms with Gasteiger partial charge in [0, 0.05) is 11.9 Å². The van der Waals surface area contributed by atoms with Crippen LogP contribution in [-0.2, 0) is 0 Å². The molecule has 14 heavy (non-hydrogen) atoms. The molecular formula is C9H13NO3S. The zero-order valence-corrected chi connectivity index (χ0v) is 8.46. The van der Waals surface area contributed by atoms with Crippen LogP contribution in [0.1, 0.15) is 10.5 Å². The molecule has 4 nitrogen and oxygen atoms in total. The Kier molecular flexibility index (Phi) is 4.72. The van der Waals surface area contributed by atoms with Crippen LogP contribution in [0.15, 0.2) is 18.3 Å². The fourth-order valence-electron chi connectivity index (χ4n) is 0.922. The molecule has 5 heteroatoms. The first-order valence-electron chi connectivity index (χ1n) is 4.27. The van der Waals surface area contributed by atoms with Gasteiger partial charge in [-0.05, 0) is 12.1 Å². The molecular weight excluding hydrogens is 202 g/mol. The molecule has 0 saturated heterocycles. The van der Waals surface area contributed by atoms with Gasteiger partial charge in [-0.3, -0.25) is 4.79 Å². The number of H-pyrrole nitrogens is 1. The number of ketones is 1. The minimum atomic E-state index is -0.739. The van der Waals surface area contributed by atoms with Crippen molar-refractivity contribution in [2.75, 3.05) is 18.1 Å². The van der Waals surface area contributed by atoms with Crippen molar-refractivity contribution >= 4 is 17.5 Å². The maximum atomic E-state index is 11.4. The van der Waals surface area contributed by atoms with Crippen molar-refractivity contribution in [3.8, 4) is 0 Å². The number of aromatic amines is 1. The maximum Gasteiger partial charge on any atom is 0.188 e. The number of carbonyl (C=O) groups excluding carboxylic acids is 1. The van der Waals surface area contributed by atoms with E-state index in [1.165, 1.54) is 11.8 Å². The molecule has 0 radical (unpaired) electrons. The number of rotatable bonds is 6. The summed E-state index contributed by atoms with van der Waals surface area (Å²) < 4.78 is 0. The van der Waals surface area contributed by atoms with Gasteiger partial charge in [-0.15, -0.1) is 0 Å². The van der Waals surface area contributed by atoms with E-state index in [9.17, 15) is 4.79 Å². The minimum absolute atomic E-state index is 0.00476. The SMILES string of the molecule is O=C(CSCC(O)CO)c1ccc[nH]1. The van der Waals surface area contributed by atoms with Gasteiger partial charge in [-0.1, -0.05) is 0 Å². The van der Waals surface area contributed by atoms with Crippen LogP contribution in [0, 0.1) is 0 Å². The van der Waals surface area contributed by atoms with Gasteiger partial charge in [-0.25, -0.2) is 0 Å². The highest BCUT2D eigenvalue weighted by molar-refractivity contribution is 8.00. The maximum absolute atomic E-state index is 11.4. The largest absolute Gasteiger partial charge is 0.394 e. The Bertz CT molecular complexity index is 274. The highest BCUT2D eigenvalue weighted by Gasteiger charge is 2.08. The summed E-state index contributed by atoms with van der Waals surface area (Å²) in [5, 5.41) is 17.5. The average molecular weight is 215 g/mol. The Balaban J connectivity index is 2.23. The van der Waals surface area contributed by atoms with E-state index in [1.807, 2.05) is 0 Å². The molecule has 0 aromatic carbocycles. The molecule has 0 saturated carbocycles. The number of aliphatic hydroxyl groups excluding tert-OH is 2.